The topological polar surface area (TPSA) is 106 Å². The molecule has 7 rings (SSSR count). The Balaban J connectivity index is 1.07. The molecule has 5 heterocycles. The fourth-order valence-electron chi connectivity index (χ4n) is 5.55. The average Bonchev–Trinajstić information content (AvgIpc) is 3.59. The van der Waals surface area contributed by atoms with Crippen LogP contribution < -0.4 is 25.0 Å². The van der Waals surface area contributed by atoms with Gasteiger partial charge in [-0.25, -0.2) is 4.98 Å². The standard InChI is InChI=1S/C31H27N5O4/c1-18-24-14-29(33-17-25(24)23-9-8-22(13-27(23)39-18)36-10-4-7-30(36)37)34-20-12-21(16-32-15-20)35-31(38)28-11-19-5-2-3-6-26(19)40-28/h2-3,5-6,8-9,12-18,28H,4,7,10-11H2,1H3,(H,33,34)(H,35,38). The summed E-state index contributed by atoms with van der Waals surface area (Å²) in [6.45, 7) is 2.74. The number of carbonyl (C=O) groups is 2. The Labute approximate surface area is 231 Å². The van der Waals surface area contributed by atoms with Crippen LogP contribution >= 0.6 is 0 Å². The molecule has 2 aromatic carbocycles. The molecule has 2 amide bonds. The largest absolute Gasteiger partial charge is 0.485 e. The van der Waals surface area contributed by atoms with Crippen LogP contribution in [0.1, 0.15) is 37.0 Å². The van der Waals surface area contributed by atoms with Crippen molar-refractivity contribution in [1.82, 2.24) is 9.97 Å². The van der Waals surface area contributed by atoms with Gasteiger partial charge >= 0.3 is 0 Å². The lowest BCUT2D eigenvalue weighted by atomic mass is 9.94. The number of nitrogens with zero attached hydrogens (tertiary/aromatic N) is 3. The first kappa shape index (κ1) is 24.1. The fraction of sp³-hybridized carbons (Fsp3) is 0.226. The third kappa shape index (κ3) is 4.39. The van der Waals surface area contributed by atoms with Crippen molar-refractivity contribution in [3.63, 3.8) is 0 Å². The Hall–Kier alpha value is -4.92. The summed E-state index contributed by atoms with van der Waals surface area (Å²) >= 11 is 0. The van der Waals surface area contributed by atoms with Crippen LogP contribution in [0.3, 0.4) is 0 Å². The number of hydrogen-bond donors (Lipinski definition) is 2. The van der Waals surface area contributed by atoms with E-state index in [0.29, 0.717) is 30.0 Å². The third-order valence-corrected chi connectivity index (χ3v) is 7.54. The molecule has 40 heavy (non-hydrogen) atoms. The molecule has 2 atom stereocenters. The number of nitrogens with one attached hydrogen (secondary N) is 2. The summed E-state index contributed by atoms with van der Waals surface area (Å²) in [5.41, 5.74) is 6.09. The molecule has 0 radical (unpaired) electrons. The number of aromatic nitrogens is 2. The number of para-hydroxylation sites is 1. The molecule has 4 aromatic rings. The summed E-state index contributed by atoms with van der Waals surface area (Å²) < 4.78 is 12.1. The molecule has 3 aliphatic heterocycles. The highest BCUT2D eigenvalue weighted by Gasteiger charge is 2.29. The molecule has 9 heteroatoms. The number of ether oxygens (including phenoxy) is 2. The molecule has 9 nitrogen and oxygen atoms in total. The van der Waals surface area contributed by atoms with Gasteiger partial charge in [-0.3, -0.25) is 14.6 Å². The maximum Gasteiger partial charge on any atom is 0.265 e. The zero-order chi connectivity index (χ0) is 27.2. The van der Waals surface area contributed by atoms with Gasteiger partial charge in [0.1, 0.15) is 23.4 Å². The first-order valence-electron chi connectivity index (χ1n) is 13.4. The number of fused-ring (bicyclic) bond motifs is 4. The number of rotatable bonds is 5. The fourth-order valence-corrected chi connectivity index (χ4v) is 5.55. The van der Waals surface area contributed by atoms with Crippen molar-refractivity contribution in [2.24, 2.45) is 0 Å². The third-order valence-electron chi connectivity index (χ3n) is 7.54. The molecule has 0 aliphatic carbocycles. The van der Waals surface area contributed by atoms with Crippen LogP contribution in [0, 0.1) is 0 Å². The van der Waals surface area contributed by atoms with Gasteiger partial charge in [0.15, 0.2) is 6.10 Å². The first-order chi connectivity index (χ1) is 19.5. The van der Waals surface area contributed by atoms with Crippen LogP contribution in [0.2, 0.25) is 0 Å². The van der Waals surface area contributed by atoms with Gasteiger partial charge in [-0.2, -0.15) is 0 Å². The number of hydrogen-bond acceptors (Lipinski definition) is 7. The molecule has 1 saturated heterocycles. The highest BCUT2D eigenvalue weighted by atomic mass is 16.5. The number of carbonyl (C=O) groups excluding carboxylic acids is 2. The van der Waals surface area contributed by atoms with Gasteiger partial charge in [0.2, 0.25) is 5.91 Å². The van der Waals surface area contributed by atoms with Gasteiger partial charge in [-0.05, 0) is 49.2 Å². The van der Waals surface area contributed by atoms with Crippen LogP contribution in [0.25, 0.3) is 11.1 Å². The minimum atomic E-state index is -0.576. The van der Waals surface area contributed by atoms with Gasteiger partial charge in [-0.15, -0.1) is 0 Å². The second kappa shape index (κ2) is 9.68. The first-order valence-corrected chi connectivity index (χ1v) is 13.4. The molecule has 2 N–H and O–H groups in total. The molecule has 2 aromatic heterocycles. The lowest BCUT2D eigenvalue weighted by molar-refractivity contribution is -0.122. The molecular formula is C31H27N5O4. The molecule has 0 spiro atoms. The quantitative estimate of drug-likeness (QED) is 0.353. The second-order valence-corrected chi connectivity index (χ2v) is 10.2. The summed E-state index contributed by atoms with van der Waals surface area (Å²) in [5, 5.41) is 6.20. The van der Waals surface area contributed by atoms with Crippen LogP contribution in [-0.4, -0.2) is 34.4 Å². The summed E-state index contributed by atoms with van der Waals surface area (Å²) in [7, 11) is 0. The molecule has 0 saturated carbocycles. The zero-order valence-corrected chi connectivity index (χ0v) is 21.9. The Kier molecular flexibility index (Phi) is 5.84. The van der Waals surface area contributed by atoms with Crippen LogP contribution in [0.4, 0.5) is 22.9 Å². The SMILES string of the molecule is CC1Oc2cc(N3CCCC3=O)ccc2-c2cnc(Nc3cncc(NC(=O)C4Cc5ccccc5O4)c3)cc21. The molecular weight excluding hydrogens is 506 g/mol. The van der Waals surface area contributed by atoms with Gasteiger partial charge in [-0.1, -0.05) is 18.2 Å². The summed E-state index contributed by atoms with van der Waals surface area (Å²) in [6.07, 6.45) is 6.34. The van der Waals surface area contributed by atoms with E-state index in [4.69, 9.17) is 9.47 Å². The van der Waals surface area contributed by atoms with E-state index >= 15 is 0 Å². The van der Waals surface area contributed by atoms with E-state index in [-0.39, 0.29) is 17.9 Å². The van der Waals surface area contributed by atoms with E-state index in [1.807, 2.05) is 72.6 Å². The van der Waals surface area contributed by atoms with Crippen LogP contribution in [-0.2, 0) is 16.0 Å². The number of benzene rings is 2. The molecule has 0 bridgehead atoms. The van der Waals surface area contributed by atoms with Crippen molar-refractivity contribution < 1.29 is 19.1 Å². The molecule has 3 aliphatic rings. The normalized spacial score (nSPS) is 18.7. The van der Waals surface area contributed by atoms with E-state index in [1.165, 1.54) is 0 Å². The predicted molar refractivity (Wildman–Crippen MR) is 151 cm³/mol. The maximum absolute atomic E-state index is 12.8. The Morgan fingerprint density at radius 2 is 1.85 bits per heavy atom. The number of pyridine rings is 2. The highest BCUT2D eigenvalue weighted by Crippen LogP contribution is 2.44. The lowest BCUT2D eigenvalue weighted by Gasteiger charge is -2.28. The van der Waals surface area contributed by atoms with E-state index in [0.717, 1.165) is 52.4 Å². The van der Waals surface area contributed by atoms with Crippen LogP contribution in [0.15, 0.2) is 73.2 Å². The second-order valence-electron chi connectivity index (χ2n) is 10.2. The van der Waals surface area contributed by atoms with Crippen molar-refractivity contribution in [2.45, 2.75) is 38.4 Å². The van der Waals surface area contributed by atoms with E-state index < -0.39 is 6.10 Å². The maximum atomic E-state index is 12.8. The predicted octanol–water partition coefficient (Wildman–Crippen LogP) is 5.41. The zero-order valence-electron chi connectivity index (χ0n) is 21.9. The van der Waals surface area contributed by atoms with Crippen molar-refractivity contribution in [1.29, 1.82) is 0 Å². The van der Waals surface area contributed by atoms with Crippen molar-refractivity contribution in [3.05, 3.63) is 84.3 Å². The van der Waals surface area contributed by atoms with Crippen molar-refractivity contribution >= 4 is 34.7 Å². The number of amides is 2. The Morgan fingerprint density at radius 3 is 2.70 bits per heavy atom. The summed E-state index contributed by atoms with van der Waals surface area (Å²) in [6, 6.07) is 17.4. The highest BCUT2D eigenvalue weighted by molar-refractivity contribution is 5.96. The van der Waals surface area contributed by atoms with Gasteiger partial charge in [0.25, 0.3) is 5.91 Å². The van der Waals surface area contributed by atoms with Gasteiger partial charge < -0.3 is 25.0 Å². The smallest absolute Gasteiger partial charge is 0.265 e. The minimum absolute atomic E-state index is 0.150. The van der Waals surface area contributed by atoms with Crippen molar-refractivity contribution in [3.8, 4) is 22.6 Å². The summed E-state index contributed by atoms with van der Waals surface area (Å²) in [4.78, 5) is 35.8. The lowest BCUT2D eigenvalue weighted by Crippen LogP contribution is -2.31. The van der Waals surface area contributed by atoms with Crippen LogP contribution in [0.5, 0.6) is 11.5 Å². The Morgan fingerprint density at radius 1 is 0.975 bits per heavy atom. The monoisotopic (exact) mass is 533 g/mol. The van der Waals surface area contributed by atoms with E-state index in [2.05, 4.69) is 20.6 Å². The Bertz CT molecular complexity index is 1630. The van der Waals surface area contributed by atoms with E-state index in [9.17, 15) is 9.59 Å². The van der Waals surface area contributed by atoms with Gasteiger partial charge in [0, 0.05) is 54.0 Å². The van der Waals surface area contributed by atoms with Gasteiger partial charge in [0.05, 0.1) is 23.8 Å². The average molecular weight is 534 g/mol. The minimum Gasteiger partial charge on any atom is -0.485 e. The van der Waals surface area contributed by atoms with Crippen molar-refractivity contribution in [2.75, 3.05) is 22.1 Å². The number of anilines is 4. The molecule has 1 fully saturated rings. The molecule has 2 unspecified atom stereocenters. The summed E-state index contributed by atoms with van der Waals surface area (Å²) in [5.74, 6) is 2.07. The van der Waals surface area contributed by atoms with E-state index in [1.54, 1.807) is 12.4 Å². The molecule has 200 valence electrons.